The van der Waals surface area contributed by atoms with Gasteiger partial charge in [0.05, 0.1) is 16.6 Å². The first kappa shape index (κ1) is 14.5. The van der Waals surface area contributed by atoms with E-state index in [0.717, 1.165) is 49.1 Å². The topological polar surface area (TPSA) is 75.3 Å². The molecule has 1 aromatic carbocycles. The van der Waals surface area contributed by atoms with Gasteiger partial charge in [0.1, 0.15) is 5.82 Å². The quantitative estimate of drug-likeness (QED) is 0.762. The van der Waals surface area contributed by atoms with E-state index in [1.165, 1.54) is 0 Å². The number of benzene rings is 1. The molecular formula is C15H20N2O3. The molecule has 1 heterocycles. The summed E-state index contributed by atoms with van der Waals surface area (Å²) in [7, 11) is 0. The molecule has 108 valence electrons. The fourth-order valence-corrected chi connectivity index (χ4v) is 2.36. The average molecular weight is 276 g/mol. The number of unbranched alkanes of at least 4 members (excludes halogenated alkanes) is 1. The first-order chi connectivity index (χ1) is 9.67. The molecule has 0 spiro atoms. The average Bonchev–Trinajstić information content (AvgIpc) is 2.76. The maximum absolute atomic E-state index is 11.0. The molecule has 0 unspecified atom stereocenters. The number of fused-ring (bicyclic) bond motifs is 1. The minimum Gasteiger partial charge on any atom is -0.478 e. The van der Waals surface area contributed by atoms with Gasteiger partial charge in [0.25, 0.3) is 0 Å². The highest BCUT2D eigenvalue weighted by Crippen LogP contribution is 2.20. The molecule has 0 fully saturated rings. The van der Waals surface area contributed by atoms with Crippen LogP contribution >= 0.6 is 0 Å². The fourth-order valence-electron chi connectivity index (χ4n) is 2.36. The minimum absolute atomic E-state index is 0.193. The molecule has 2 rings (SSSR count). The number of hydrogen-bond donors (Lipinski definition) is 2. The first-order valence-corrected chi connectivity index (χ1v) is 7.00. The van der Waals surface area contributed by atoms with Crippen molar-refractivity contribution in [2.45, 2.75) is 39.2 Å². The number of aliphatic hydroxyl groups is 1. The van der Waals surface area contributed by atoms with Crippen LogP contribution < -0.4 is 0 Å². The Labute approximate surface area is 117 Å². The number of carboxylic acid groups (broad SMARTS) is 1. The Hall–Kier alpha value is -1.88. The van der Waals surface area contributed by atoms with Crippen molar-refractivity contribution in [3.63, 3.8) is 0 Å². The molecule has 0 bridgehead atoms. The molecular weight excluding hydrogens is 256 g/mol. The van der Waals surface area contributed by atoms with E-state index in [2.05, 4.69) is 16.5 Å². The van der Waals surface area contributed by atoms with Crippen molar-refractivity contribution >= 4 is 17.0 Å². The van der Waals surface area contributed by atoms with Crippen molar-refractivity contribution < 1.29 is 15.0 Å². The zero-order valence-electron chi connectivity index (χ0n) is 11.7. The SMILES string of the molecule is CCCc1nc2cc(C(=O)O)ccc2n1CCCCO. The van der Waals surface area contributed by atoms with Crippen LogP contribution in [-0.2, 0) is 13.0 Å². The second kappa shape index (κ2) is 6.52. The van der Waals surface area contributed by atoms with Gasteiger partial charge in [0.15, 0.2) is 0 Å². The van der Waals surface area contributed by atoms with Crippen molar-refractivity contribution in [2.75, 3.05) is 6.61 Å². The van der Waals surface area contributed by atoms with Crippen LogP contribution in [0, 0.1) is 0 Å². The Kier molecular flexibility index (Phi) is 4.74. The van der Waals surface area contributed by atoms with Crippen molar-refractivity contribution in [3.05, 3.63) is 29.6 Å². The summed E-state index contributed by atoms with van der Waals surface area (Å²) in [4.78, 5) is 15.6. The molecule has 0 saturated carbocycles. The molecule has 1 aromatic heterocycles. The Morgan fingerprint density at radius 1 is 1.35 bits per heavy atom. The number of aromatic carboxylic acids is 1. The summed E-state index contributed by atoms with van der Waals surface area (Å²) in [5.74, 6) is 0.0572. The van der Waals surface area contributed by atoms with Gasteiger partial charge in [-0.3, -0.25) is 0 Å². The molecule has 5 nitrogen and oxygen atoms in total. The van der Waals surface area contributed by atoms with Gasteiger partial charge in [-0.25, -0.2) is 9.78 Å². The number of imidazole rings is 1. The van der Waals surface area contributed by atoms with E-state index in [4.69, 9.17) is 10.2 Å². The summed E-state index contributed by atoms with van der Waals surface area (Å²) in [5, 5.41) is 17.9. The van der Waals surface area contributed by atoms with E-state index in [9.17, 15) is 4.79 Å². The molecule has 0 atom stereocenters. The minimum atomic E-state index is -0.932. The largest absolute Gasteiger partial charge is 0.478 e. The van der Waals surface area contributed by atoms with E-state index in [-0.39, 0.29) is 12.2 Å². The lowest BCUT2D eigenvalue weighted by molar-refractivity contribution is 0.0697. The number of aryl methyl sites for hydroxylation is 2. The highest BCUT2D eigenvalue weighted by molar-refractivity contribution is 5.92. The lowest BCUT2D eigenvalue weighted by Crippen LogP contribution is -2.04. The molecule has 0 aliphatic carbocycles. The summed E-state index contributed by atoms with van der Waals surface area (Å²) in [5.41, 5.74) is 1.97. The number of carbonyl (C=O) groups is 1. The maximum Gasteiger partial charge on any atom is 0.335 e. The van der Waals surface area contributed by atoms with Gasteiger partial charge in [-0.15, -0.1) is 0 Å². The molecule has 0 amide bonds. The van der Waals surface area contributed by atoms with Crippen LogP contribution in [0.15, 0.2) is 18.2 Å². The fraction of sp³-hybridized carbons (Fsp3) is 0.467. The Balaban J connectivity index is 2.40. The lowest BCUT2D eigenvalue weighted by Gasteiger charge is -2.08. The number of hydrogen-bond acceptors (Lipinski definition) is 3. The first-order valence-electron chi connectivity index (χ1n) is 7.00. The summed E-state index contributed by atoms with van der Waals surface area (Å²) in [6.07, 6.45) is 3.52. The molecule has 0 aliphatic heterocycles. The third kappa shape index (κ3) is 2.99. The van der Waals surface area contributed by atoms with Crippen molar-refractivity contribution in [1.82, 2.24) is 9.55 Å². The van der Waals surface area contributed by atoms with E-state index in [1.54, 1.807) is 12.1 Å². The standard InChI is InChI=1S/C15H20N2O3/c1-2-5-14-16-12-10-11(15(19)20)6-7-13(12)17(14)8-3-4-9-18/h6-7,10,18H,2-5,8-9H2,1H3,(H,19,20). The Bertz CT molecular complexity index is 604. The summed E-state index contributed by atoms with van der Waals surface area (Å²) in [6, 6.07) is 5.06. The molecule has 20 heavy (non-hydrogen) atoms. The highest BCUT2D eigenvalue weighted by atomic mass is 16.4. The summed E-state index contributed by atoms with van der Waals surface area (Å²) in [6.45, 7) is 3.10. The Morgan fingerprint density at radius 2 is 2.15 bits per heavy atom. The molecule has 2 N–H and O–H groups in total. The van der Waals surface area contributed by atoms with Crippen LogP contribution in [0.25, 0.3) is 11.0 Å². The monoisotopic (exact) mass is 276 g/mol. The van der Waals surface area contributed by atoms with Crippen LogP contribution in [0.1, 0.15) is 42.4 Å². The predicted molar refractivity (Wildman–Crippen MR) is 77.0 cm³/mol. The second-order valence-corrected chi connectivity index (χ2v) is 4.87. The third-order valence-corrected chi connectivity index (χ3v) is 3.34. The third-order valence-electron chi connectivity index (χ3n) is 3.34. The van der Waals surface area contributed by atoms with Gasteiger partial charge in [-0.1, -0.05) is 6.92 Å². The van der Waals surface area contributed by atoms with Crippen molar-refractivity contribution in [2.24, 2.45) is 0 Å². The molecule has 0 radical (unpaired) electrons. The van der Waals surface area contributed by atoms with Gasteiger partial charge in [-0.2, -0.15) is 0 Å². The number of nitrogens with zero attached hydrogens (tertiary/aromatic N) is 2. The van der Waals surface area contributed by atoms with Crippen LogP contribution in [0.3, 0.4) is 0 Å². The van der Waals surface area contributed by atoms with E-state index >= 15 is 0 Å². The Morgan fingerprint density at radius 3 is 2.80 bits per heavy atom. The summed E-state index contributed by atoms with van der Waals surface area (Å²) < 4.78 is 2.14. The number of carboxylic acids is 1. The van der Waals surface area contributed by atoms with Crippen LogP contribution in [-0.4, -0.2) is 32.3 Å². The van der Waals surface area contributed by atoms with Gasteiger partial charge < -0.3 is 14.8 Å². The zero-order valence-corrected chi connectivity index (χ0v) is 11.7. The highest BCUT2D eigenvalue weighted by Gasteiger charge is 2.12. The van der Waals surface area contributed by atoms with Crippen LogP contribution in [0.5, 0.6) is 0 Å². The molecule has 5 heteroatoms. The summed E-state index contributed by atoms with van der Waals surface area (Å²) >= 11 is 0. The van der Waals surface area contributed by atoms with Crippen LogP contribution in [0.4, 0.5) is 0 Å². The van der Waals surface area contributed by atoms with Gasteiger partial charge in [0.2, 0.25) is 0 Å². The van der Waals surface area contributed by atoms with E-state index < -0.39 is 5.97 Å². The lowest BCUT2D eigenvalue weighted by atomic mass is 10.2. The van der Waals surface area contributed by atoms with Gasteiger partial charge in [-0.05, 0) is 37.5 Å². The van der Waals surface area contributed by atoms with E-state index in [0.29, 0.717) is 0 Å². The molecule has 2 aromatic rings. The number of aromatic nitrogens is 2. The van der Waals surface area contributed by atoms with Crippen LogP contribution in [0.2, 0.25) is 0 Å². The molecule has 0 aliphatic rings. The number of rotatable bonds is 7. The van der Waals surface area contributed by atoms with Crippen molar-refractivity contribution in [1.29, 1.82) is 0 Å². The predicted octanol–water partition coefficient (Wildman–Crippen LogP) is 2.46. The smallest absolute Gasteiger partial charge is 0.335 e. The molecule has 0 saturated heterocycles. The van der Waals surface area contributed by atoms with Gasteiger partial charge in [0, 0.05) is 19.6 Å². The zero-order chi connectivity index (χ0) is 14.5. The number of aliphatic hydroxyl groups excluding tert-OH is 1. The maximum atomic E-state index is 11.0. The second-order valence-electron chi connectivity index (χ2n) is 4.87. The van der Waals surface area contributed by atoms with Gasteiger partial charge >= 0.3 is 5.97 Å². The normalized spacial score (nSPS) is 11.1. The van der Waals surface area contributed by atoms with E-state index in [1.807, 2.05) is 6.07 Å². The van der Waals surface area contributed by atoms with Crippen molar-refractivity contribution in [3.8, 4) is 0 Å².